The Kier molecular flexibility index (Phi) is 4.66. The molecule has 0 bridgehead atoms. The molecular formula is C11H13N3O2S2. The van der Waals surface area contributed by atoms with Gasteiger partial charge in [0.25, 0.3) is 0 Å². The van der Waals surface area contributed by atoms with Crippen molar-refractivity contribution in [2.45, 2.75) is 5.16 Å². The third-order valence-electron chi connectivity index (χ3n) is 2.06. The maximum Gasteiger partial charge on any atom is 0.202 e. The van der Waals surface area contributed by atoms with Gasteiger partial charge in [-0.15, -0.1) is 0 Å². The van der Waals surface area contributed by atoms with E-state index in [1.54, 1.807) is 7.11 Å². The Bertz CT molecular complexity index is 505. The quantitative estimate of drug-likeness (QED) is 0.648. The van der Waals surface area contributed by atoms with Gasteiger partial charge in [-0.05, 0) is 12.1 Å². The molecule has 0 saturated carbocycles. The van der Waals surface area contributed by atoms with Gasteiger partial charge in [-0.1, -0.05) is 23.9 Å². The lowest BCUT2D eigenvalue weighted by Gasteiger charge is -2.09. The second kappa shape index (κ2) is 6.46. The SMILES string of the molecule is COc1ccccc1OCCSc1nsc(N)n1. The number of benzene rings is 1. The van der Waals surface area contributed by atoms with Crippen LogP contribution in [0.3, 0.4) is 0 Å². The molecule has 18 heavy (non-hydrogen) atoms. The third kappa shape index (κ3) is 3.51. The largest absolute Gasteiger partial charge is 0.493 e. The number of methoxy groups -OCH3 is 1. The average Bonchev–Trinajstić information content (AvgIpc) is 2.81. The Balaban J connectivity index is 1.78. The highest BCUT2D eigenvalue weighted by Crippen LogP contribution is 2.26. The van der Waals surface area contributed by atoms with Crippen molar-refractivity contribution in [1.29, 1.82) is 0 Å². The molecule has 2 aromatic rings. The Morgan fingerprint density at radius 3 is 2.78 bits per heavy atom. The summed E-state index contributed by atoms with van der Waals surface area (Å²) in [5.41, 5.74) is 5.50. The van der Waals surface area contributed by atoms with Crippen LogP contribution in [0.25, 0.3) is 0 Å². The van der Waals surface area contributed by atoms with E-state index in [0.717, 1.165) is 17.3 Å². The van der Waals surface area contributed by atoms with Crippen molar-refractivity contribution in [3.63, 3.8) is 0 Å². The fourth-order valence-electron chi connectivity index (χ4n) is 1.30. The maximum atomic E-state index is 5.63. The molecule has 0 aliphatic heterocycles. The lowest BCUT2D eigenvalue weighted by molar-refractivity contribution is 0.313. The number of rotatable bonds is 6. The van der Waals surface area contributed by atoms with Crippen LogP contribution in [0.5, 0.6) is 11.5 Å². The van der Waals surface area contributed by atoms with Gasteiger partial charge in [0.15, 0.2) is 11.5 Å². The van der Waals surface area contributed by atoms with Crippen molar-refractivity contribution < 1.29 is 9.47 Å². The fraction of sp³-hybridized carbons (Fsp3) is 0.273. The molecule has 1 aromatic heterocycles. The normalized spacial score (nSPS) is 10.3. The molecule has 1 aromatic carbocycles. The highest BCUT2D eigenvalue weighted by molar-refractivity contribution is 7.99. The number of anilines is 1. The van der Waals surface area contributed by atoms with E-state index in [1.807, 2.05) is 24.3 Å². The molecule has 0 spiro atoms. The Morgan fingerprint density at radius 2 is 2.11 bits per heavy atom. The first-order valence-corrected chi connectivity index (χ1v) is 7.03. The highest BCUT2D eigenvalue weighted by Gasteiger charge is 2.04. The molecule has 0 aliphatic rings. The van der Waals surface area contributed by atoms with Gasteiger partial charge in [0.05, 0.1) is 13.7 Å². The van der Waals surface area contributed by atoms with E-state index in [2.05, 4.69) is 9.36 Å². The van der Waals surface area contributed by atoms with Gasteiger partial charge in [0, 0.05) is 17.3 Å². The molecule has 2 rings (SSSR count). The number of nitrogens with zero attached hydrogens (tertiary/aromatic N) is 2. The number of hydrogen-bond acceptors (Lipinski definition) is 7. The number of nitrogen functional groups attached to an aromatic ring is 1. The summed E-state index contributed by atoms with van der Waals surface area (Å²) in [4.78, 5) is 4.06. The standard InChI is InChI=1S/C11H13N3O2S2/c1-15-8-4-2-3-5-9(8)16-6-7-17-11-13-10(12)18-14-11/h2-5H,6-7H2,1H3,(H2,12,13,14). The van der Waals surface area contributed by atoms with E-state index in [1.165, 1.54) is 23.3 Å². The van der Waals surface area contributed by atoms with E-state index in [4.69, 9.17) is 15.2 Å². The second-order valence-electron chi connectivity index (χ2n) is 3.26. The molecule has 0 fully saturated rings. The lowest BCUT2D eigenvalue weighted by atomic mass is 10.3. The second-order valence-corrected chi connectivity index (χ2v) is 5.11. The van der Waals surface area contributed by atoms with Crippen LogP contribution in [0.15, 0.2) is 29.4 Å². The fourth-order valence-corrected chi connectivity index (χ4v) is 2.53. The smallest absolute Gasteiger partial charge is 0.202 e. The van der Waals surface area contributed by atoms with Crippen LogP contribution < -0.4 is 15.2 Å². The average molecular weight is 283 g/mol. The predicted octanol–water partition coefficient (Wildman–Crippen LogP) is 2.30. The van der Waals surface area contributed by atoms with Crippen molar-refractivity contribution in [1.82, 2.24) is 9.36 Å². The van der Waals surface area contributed by atoms with Crippen LogP contribution in [0.4, 0.5) is 5.13 Å². The summed E-state index contributed by atoms with van der Waals surface area (Å²) in [6, 6.07) is 7.56. The van der Waals surface area contributed by atoms with Crippen molar-refractivity contribution in [2.24, 2.45) is 0 Å². The van der Waals surface area contributed by atoms with Crippen LogP contribution in [-0.4, -0.2) is 28.8 Å². The van der Waals surface area contributed by atoms with E-state index < -0.39 is 0 Å². The minimum absolute atomic E-state index is 0.489. The molecule has 0 saturated heterocycles. The summed E-state index contributed by atoms with van der Waals surface area (Å²) in [7, 11) is 1.62. The molecule has 96 valence electrons. The minimum atomic E-state index is 0.489. The van der Waals surface area contributed by atoms with E-state index in [9.17, 15) is 0 Å². The Morgan fingerprint density at radius 1 is 1.33 bits per heavy atom. The van der Waals surface area contributed by atoms with Crippen LogP contribution in [0, 0.1) is 0 Å². The summed E-state index contributed by atoms with van der Waals surface area (Å²) >= 11 is 2.72. The van der Waals surface area contributed by atoms with Gasteiger partial charge in [-0.25, -0.2) is 0 Å². The zero-order valence-corrected chi connectivity index (χ0v) is 11.5. The van der Waals surface area contributed by atoms with Gasteiger partial charge in [0.1, 0.15) is 0 Å². The molecule has 2 N–H and O–H groups in total. The number of thioether (sulfide) groups is 1. The van der Waals surface area contributed by atoms with Crippen LogP contribution >= 0.6 is 23.3 Å². The monoisotopic (exact) mass is 283 g/mol. The number of aromatic nitrogens is 2. The van der Waals surface area contributed by atoms with Gasteiger partial charge in [-0.2, -0.15) is 9.36 Å². The highest BCUT2D eigenvalue weighted by atomic mass is 32.2. The van der Waals surface area contributed by atoms with E-state index >= 15 is 0 Å². The third-order valence-corrected chi connectivity index (χ3v) is 3.53. The number of hydrogen-bond donors (Lipinski definition) is 1. The zero-order valence-electron chi connectivity index (χ0n) is 9.83. The first kappa shape index (κ1) is 13.0. The van der Waals surface area contributed by atoms with Crippen molar-refractivity contribution in [3.8, 4) is 11.5 Å². The van der Waals surface area contributed by atoms with Crippen molar-refractivity contribution >= 4 is 28.4 Å². The topological polar surface area (TPSA) is 70.3 Å². The Hall–Kier alpha value is -1.47. The Labute approximate surface area is 113 Å². The minimum Gasteiger partial charge on any atom is -0.493 e. The molecule has 5 nitrogen and oxygen atoms in total. The first-order chi connectivity index (χ1) is 8.79. The van der Waals surface area contributed by atoms with Crippen LogP contribution in [0.1, 0.15) is 0 Å². The molecule has 0 unspecified atom stereocenters. The van der Waals surface area contributed by atoms with E-state index in [0.29, 0.717) is 16.9 Å². The van der Waals surface area contributed by atoms with Crippen molar-refractivity contribution in [2.75, 3.05) is 25.2 Å². The number of nitrogens with two attached hydrogens (primary N) is 1. The molecule has 0 radical (unpaired) electrons. The van der Waals surface area contributed by atoms with Crippen molar-refractivity contribution in [3.05, 3.63) is 24.3 Å². The summed E-state index contributed by atoms with van der Waals surface area (Å²) < 4.78 is 14.9. The number of ether oxygens (including phenoxy) is 2. The van der Waals surface area contributed by atoms with Gasteiger partial charge in [-0.3, -0.25) is 0 Å². The molecule has 0 amide bonds. The zero-order chi connectivity index (χ0) is 12.8. The summed E-state index contributed by atoms with van der Waals surface area (Å²) in [6.07, 6.45) is 0. The summed E-state index contributed by atoms with van der Waals surface area (Å²) in [6.45, 7) is 0.560. The van der Waals surface area contributed by atoms with E-state index in [-0.39, 0.29) is 0 Å². The molecular weight excluding hydrogens is 270 g/mol. The number of para-hydroxylation sites is 2. The first-order valence-electron chi connectivity index (χ1n) is 5.27. The molecule has 7 heteroatoms. The van der Waals surface area contributed by atoms with Crippen LogP contribution in [0.2, 0.25) is 0 Å². The maximum absolute atomic E-state index is 5.63. The lowest BCUT2D eigenvalue weighted by Crippen LogP contribution is -2.01. The predicted molar refractivity (Wildman–Crippen MR) is 73.5 cm³/mol. The molecule has 0 aliphatic carbocycles. The van der Waals surface area contributed by atoms with Gasteiger partial charge < -0.3 is 15.2 Å². The summed E-state index contributed by atoms with van der Waals surface area (Å²) in [5.74, 6) is 2.23. The molecule has 1 heterocycles. The van der Waals surface area contributed by atoms with Gasteiger partial charge in [0.2, 0.25) is 10.3 Å². The summed E-state index contributed by atoms with van der Waals surface area (Å²) in [5, 5.41) is 1.18. The molecule has 0 atom stereocenters. The van der Waals surface area contributed by atoms with Crippen LogP contribution in [-0.2, 0) is 0 Å². The van der Waals surface area contributed by atoms with Gasteiger partial charge >= 0.3 is 0 Å².